The summed E-state index contributed by atoms with van der Waals surface area (Å²) in [4.78, 5) is 26.1. The lowest BCUT2D eigenvalue weighted by Gasteiger charge is -2.31. The first kappa shape index (κ1) is 19.5. The number of nitrogens with zero attached hydrogens (tertiary/aromatic N) is 1. The van der Waals surface area contributed by atoms with Crippen LogP contribution in [0.1, 0.15) is 24.5 Å². The Morgan fingerprint density at radius 3 is 2.80 bits per heavy atom. The van der Waals surface area contributed by atoms with E-state index in [0.29, 0.717) is 19.0 Å². The Labute approximate surface area is 155 Å². The summed E-state index contributed by atoms with van der Waals surface area (Å²) in [7, 11) is 0. The molecule has 3 rings (SSSR count). The van der Waals surface area contributed by atoms with Crippen molar-refractivity contribution in [3.8, 4) is 0 Å². The molecule has 2 unspecified atom stereocenters. The number of carbonyl (C=O) groups is 2. The van der Waals surface area contributed by atoms with Crippen molar-refractivity contribution in [2.75, 3.05) is 26.2 Å². The van der Waals surface area contributed by atoms with E-state index in [9.17, 15) is 9.59 Å². The van der Waals surface area contributed by atoms with E-state index in [1.807, 2.05) is 12.1 Å². The maximum atomic E-state index is 12.3. The monoisotopic (exact) mass is 366 g/mol. The van der Waals surface area contributed by atoms with Gasteiger partial charge in [0, 0.05) is 19.1 Å². The van der Waals surface area contributed by atoms with Gasteiger partial charge in [-0.15, -0.1) is 12.4 Å². The van der Waals surface area contributed by atoms with Gasteiger partial charge >= 0.3 is 6.03 Å². The van der Waals surface area contributed by atoms with Gasteiger partial charge in [0.1, 0.15) is 0 Å². The standard InChI is InChI=1S/C18H26N4O2.ClH/c1-13-10-19-8-6-16(13)21-17(23)11-20-18(24)22-9-7-14-4-2-3-5-15(14)12-22;/h2-5,13,16,19H,6-12H2,1H3,(H,20,24)(H,21,23);1H. The highest BCUT2D eigenvalue weighted by Crippen LogP contribution is 2.18. The topological polar surface area (TPSA) is 73.5 Å². The molecule has 0 spiro atoms. The number of halogens is 1. The fourth-order valence-electron chi connectivity index (χ4n) is 3.42. The molecule has 0 aliphatic carbocycles. The Balaban J connectivity index is 0.00000225. The number of fused-ring (bicyclic) bond motifs is 1. The van der Waals surface area contributed by atoms with E-state index < -0.39 is 0 Å². The van der Waals surface area contributed by atoms with Crippen LogP contribution in [0.15, 0.2) is 24.3 Å². The summed E-state index contributed by atoms with van der Waals surface area (Å²) in [5.41, 5.74) is 2.49. The molecule has 1 saturated heterocycles. The van der Waals surface area contributed by atoms with Crippen LogP contribution in [0.3, 0.4) is 0 Å². The summed E-state index contributed by atoms with van der Waals surface area (Å²) in [6.45, 7) is 5.30. The van der Waals surface area contributed by atoms with Crippen molar-refractivity contribution in [1.82, 2.24) is 20.9 Å². The Hall–Kier alpha value is -1.79. The molecule has 3 N–H and O–H groups in total. The normalized spacial score (nSPS) is 22.4. The predicted molar refractivity (Wildman–Crippen MR) is 99.8 cm³/mol. The number of carbonyl (C=O) groups excluding carboxylic acids is 2. The van der Waals surface area contributed by atoms with Gasteiger partial charge in [0.2, 0.25) is 5.91 Å². The molecule has 2 atom stereocenters. The van der Waals surface area contributed by atoms with E-state index >= 15 is 0 Å². The van der Waals surface area contributed by atoms with Crippen LogP contribution < -0.4 is 16.0 Å². The number of urea groups is 1. The fourth-order valence-corrected chi connectivity index (χ4v) is 3.42. The van der Waals surface area contributed by atoms with Crippen LogP contribution in [0, 0.1) is 5.92 Å². The quantitative estimate of drug-likeness (QED) is 0.754. The Bertz CT molecular complexity index is 610. The molecular formula is C18H27ClN4O2. The molecule has 2 aliphatic heterocycles. The minimum atomic E-state index is -0.169. The fraction of sp³-hybridized carbons (Fsp3) is 0.556. The molecule has 7 heteroatoms. The predicted octanol–water partition coefficient (Wildman–Crippen LogP) is 1.29. The van der Waals surface area contributed by atoms with Crippen molar-refractivity contribution in [2.24, 2.45) is 5.92 Å². The summed E-state index contributed by atoms with van der Waals surface area (Å²) < 4.78 is 0. The number of hydrogen-bond donors (Lipinski definition) is 3. The van der Waals surface area contributed by atoms with Crippen LogP contribution in [-0.2, 0) is 17.8 Å². The van der Waals surface area contributed by atoms with Crippen LogP contribution in [0.5, 0.6) is 0 Å². The van der Waals surface area contributed by atoms with Crippen molar-refractivity contribution in [1.29, 1.82) is 0 Å². The summed E-state index contributed by atoms with van der Waals surface area (Å²) in [6.07, 6.45) is 1.80. The van der Waals surface area contributed by atoms with Gasteiger partial charge in [-0.05, 0) is 43.0 Å². The van der Waals surface area contributed by atoms with Crippen LogP contribution in [0.4, 0.5) is 4.79 Å². The number of hydrogen-bond acceptors (Lipinski definition) is 3. The third-order valence-electron chi connectivity index (χ3n) is 4.95. The van der Waals surface area contributed by atoms with Crippen molar-refractivity contribution in [3.63, 3.8) is 0 Å². The average molecular weight is 367 g/mol. The highest BCUT2D eigenvalue weighted by Gasteiger charge is 2.24. The highest BCUT2D eigenvalue weighted by molar-refractivity contribution is 5.85. The zero-order valence-electron chi connectivity index (χ0n) is 14.6. The van der Waals surface area contributed by atoms with E-state index in [4.69, 9.17) is 0 Å². The molecular weight excluding hydrogens is 340 g/mol. The molecule has 0 bridgehead atoms. The van der Waals surface area contributed by atoms with Gasteiger partial charge in [0.25, 0.3) is 0 Å². The lowest BCUT2D eigenvalue weighted by molar-refractivity contribution is -0.121. The molecule has 25 heavy (non-hydrogen) atoms. The van der Waals surface area contributed by atoms with Crippen molar-refractivity contribution in [3.05, 3.63) is 35.4 Å². The molecule has 3 amide bonds. The van der Waals surface area contributed by atoms with Crippen LogP contribution in [0.2, 0.25) is 0 Å². The zero-order chi connectivity index (χ0) is 16.9. The van der Waals surface area contributed by atoms with Gasteiger partial charge in [0.15, 0.2) is 0 Å². The summed E-state index contributed by atoms with van der Waals surface area (Å²) in [5, 5.41) is 9.09. The zero-order valence-corrected chi connectivity index (χ0v) is 15.4. The summed E-state index contributed by atoms with van der Waals surface area (Å²) >= 11 is 0. The Kier molecular flexibility index (Phi) is 7.08. The van der Waals surface area contributed by atoms with Crippen LogP contribution in [-0.4, -0.2) is 49.1 Å². The third kappa shape index (κ3) is 5.09. The van der Waals surface area contributed by atoms with Crippen LogP contribution in [0.25, 0.3) is 0 Å². The van der Waals surface area contributed by atoms with E-state index in [0.717, 1.165) is 25.9 Å². The lowest BCUT2D eigenvalue weighted by atomic mass is 9.95. The minimum Gasteiger partial charge on any atom is -0.351 e. The Morgan fingerprint density at radius 1 is 1.28 bits per heavy atom. The number of benzene rings is 1. The largest absolute Gasteiger partial charge is 0.351 e. The number of rotatable bonds is 3. The second kappa shape index (κ2) is 9.06. The van der Waals surface area contributed by atoms with Crippen molar-refractivity contribution in [2.45, 2.75) is 32.4 Å². The van der Waals surface area contributed by atoms with Gasteiger partial charge in [-0.2, -0.15) is 0 Å². The van der Waals surface area contributed by atoms with Gasteiger partial charge in [0.05, 0.1) is 6.54 Å². The molecule has 0 saturated carbocycles. The third-order valence-corrected chi connectivity index (χ3v) is 4.95. The average Bonchev–Trinajstić information content (AvgIpc) is 2.61. The molecule has 0 radical (unpaired) electrons. The van der Waals surface area contributed by atoms with Gasteiger partial charge in [-0.3, -0.25) is 4.79 Å². The van der Waals surface area contributed by atoms with E-state index in [1.54, 1.807) is 4.90 Å². The number of piperidine rings is 1. The first-order chi connectivity index (χ1) is 11.6. The molecule has 1 aromatic rings. The van der Waals surface area contributed by atoms with Gasteiger partial charge < -0.3 is 20.9 Å². The summed E-state index contributed by atoms with van der Waals surface area (Å²) in [5.74, 6) is 0.302. The molecule has 0 aromatic heterocycles. The molecule has 2 heterocycles. The number of amides is 3. The van der Waals surface area contributed by atoms with Crippen molar-refractivity contribution < 1.29 is 9.59 Å². The lowest BCUT2D eigenvalue weighted by Crippen LogP contribution is -2.52. The first-order valence-corrected chi connectivity index (χ1v) is 8.73. The van der Waals surface area contributed by atoms with E-state index in [-0.39, 0.29) is 36.9 Å². The van der Waals surface area contributed by atoms with E-state index in [2.05, 4.69) is 35.0 Å². The molecule has 1 aromatic carbocycles. The second-order valence-corrected chi connectivity index (χ2v) is 6.74. The highest BCUT2D eigenvalue weighted by atomic mass is 35.5. The second-order valence-electron chi connectivity index (χ2n) is 6.74. The SMILES string of the molecule is CC1CNCCC1NC(=O)CNC(=O)N1CCc2ccccc2C1.Cl. The first-order valence-electron chi connectivity index (χ1n) is 8.73. The molecule has 138 valence electrons. The minimum absolute atomic E-state index is 0. The van der Waals surface area contributed by atoms with Gasteiger partial charge in [-0.25, -0.2) is 4.79 Å². The maximum absolute atomic E-state index is 12.3. The smallest absolute Gasteiger partial charge is 0.318 e. The molecule has 6 nitrogen and oxygen atoms in total. The van der Waals surface area contributed by atoms with Gasteiger partial charge in [-0.1, -0.05) is 31.2 Å². The van der Waals surface area contributed by atoms with Crippen LogP contribution >= 0.6 is 12.4 Å². The number of nitrogens with one attached hydrogen (secondary N) is 3. The maximum Gasteiger partial charge on any atom is 0.318 e. The van der Waals surface area contributed by atoms with E-state index in [1.165, 1.54) is 11.1 Å². The molecule has 1 fully saturated rings. The molecule has 2 aliphatic rings. The Morgan fingerprint density at radius 2 is 2.04 bits per heavy atom. The summed E-state index contributed by atoms with van der Waals surface area (Å²) in [6, 6.07) is 8.21. The van der Waals surface area contributed by atoms with Crippen molar-refractivity contribution >= 4 is 24.3 Å².